The average Bonchev–Trinajstić information content (AvgIpc) is 3.28. The number of sulfonamides is 1. The molecule has 1 aliphatic heterocycles. The molecule has 1 aliphatic rings. The second kappa shape index (κ2) is 7.26. The Labute approximate surface area is 166 Å². The monoisotopic (exact) mass is 398 g/mol. The van der Waals surface area contributed by atoms with Gasteiger partial charge >= 0.3 is 0 Å². The van der Waals surface area contributed by atoms with Crippen molar-refractivity contribution in [1.82, 2.24) is 8.87 Å². The largest absolute Gasteiger partial charge is 0.491 e. The summed E-state index contributed by atoms with van der Waals surface area (Å²) in [4.78, 5) is 0.321. The van der Waals surface area contributed by atoms with E-state index in [9.17, 15) is 8.42 Å². The van der Waals surface area contributed by atoms with Gasteiger partial charge in [0.1, 0.15) is 5.75 Å². The maximum Gasteiger partial charge on any atom is 0.243 e. The molecule has 5 nitrogen and oxygen atoms in total. The predicted octanol–water partition coefficient (Wildman–Crippen LogP) is 4.14. The number of aryl methyl sites for hydroxylation is 1. The van der Waals surface area contributed by atoms with E-state index in [0.717, 1.165) is 6.42 Å². The van der Waals surface area contributed by atoms with Gasteiger partial charge in [-0.2, -0.15) is 4.31 Å². The van der Waals surface area contributed by atoms with Crippen molar-refractivity contribution in [2.24, 2.45) is 7.05 Å². The molecule has 2 heterocycles. The van der Waals surface area contributed by atoms with Crippen molar-refractivity contribution in [2.75, 3.05) is 13.1 Å². The van der Waals surface area contributed by atoms with E-state index in [-0.39, 0.29) is 12.0 Å². The molecule has 1 atom stereocenters. The van der Waals surface area contributed by atoms with Crippen molar-refractivity contribution < 1.29 is 13.2 Å². The zero-order valence-corrected chi connectivity index (χ0v) is 17.3. The van der Waals surface area contributed by atoms with Crippen LogP contribution in [0.15, 0.2) is 59.5 Å². The summed E-state index contributed by atoms with van der Waals surface area (Å²) >= 11 is 0. The molecule has 0 aliphatic carbocycles. The van der Waals surface area contributed by atoms with Crippen LogP contribution in [-0.2, 0) is 17.1 Å². The van der Waals surface area contributed by atoms with Gasteiger partial charge in [-0.3, -0.25) is 0 Å². The van der Waals surface area contributed by atoms with Gasteiger partial charge in [0, 0.05) is 37.3 Å². The van der Waals surface area contributed by atoms with Gasteiger partial charge < -0.3 is 9.30 Å². The molecule has 28 heavy (non-hydrogen) atoms. The fourth-order valence-corrected chi connectivity index (χ4v) is 5.50. The molecule has 0 amide bonds. The Kier molecular flexibility index (Phi) is 4.93. The standard InChI is InChI=1S/C22H26N2O3S/c1-16(2)27-19-8-10-20(11-9-19)28(25,26)24-13-12-18(15-24)22-14-17-6-4-5-7-21(17)23(22)3/h4-11,14,16,18H,12-13,15H2,1-3H3. The van der Waals surface area contributed by atoms with Crippen LogP contribution in [0.2, 0.25) is 0 Å². The lowest BCUT2D eigenvalue weighted by Gasteiger charge is -2.18. The van der Waals surface area contributed by atoms with E-state index in [1.54, 1.807) is 28.6 Å². The van der Waals surface area contributed by atoms with Crippen molar-refractivity contribution in [3.8, 4) is 5.75 Å². The third-order valence-corrected chi connectivity index (χ3v) is 7.27. The molecule has 1 aromatic heterocycles. The molecule has 0 N–H and O–H groups in total. The van der Waals surface area contributed by atoms with Crippen molar-refractivity contribution in [3.05, 3.63) is 60.3 Å². The second-order valence-electron chi connectivity index (χ2n) is 7.67. The van der Waals surface area contributed by atoms with Crippen LogP contribution < -0.4 is 4.74 Å². The summed E-state index contributed by atoms with van der Waals surface area (Å²) in [7, 11) is -1.44. The molecule has 2 aromatic carbocycles. The Morgan fingerprint density at radius 2 is 1.79 bits per heavy atom. The fraction of sp³-hybridized carbons (Fsp3) is 0.364. The number of hydrogen-bond donors (Lipinski definition) is 0. The lowest BCUT2D eigenvalue weighted by molar-refractivity contribution is 0.242. The molecular weight excluding hydrogens is 372 g/mol. The first-order valence-electron chi connectivity index (χ1n) is 9.67. The van der Waals surface area contributed by atoms with Gasteiger partial charge in [0.2, 0.25) is 10.0 Å². The Morgan fingerprint density at radius 1 is 1.07 bits per heavy atom. The van der Waals surface area contributed by atoms with Gasteiger partial charge in [-0.25, -0.2) is 8.42 Å². The quantitative estimate of drug-likeness (QED) is 0.649. The van der Waals surface area contributed by atoms with Crippen LogP contribution >= 0.6 is 0 Å². The summed E-state index contributed by atoms with van der Waals surface area (Å²) in [6, 6.07) is 17.2. The predicted molar refractivity (Wildman–Crippen MR) is 111 cm³/mol. The van der Waals surface area contributed by atoms with Gasteiger partial charge in [0.15, 0.2) is 0 Å². The minimum Gasteiger partial charge on any atom is -0.491 e. The van der Waals surface area contributed by atoms with Crippen molar-refractivity contribution in [3.63, 3.8) is 0 Å². The van der Waals surface area contributed by atoms with Crippen molar-refractivity contribution in [2.45, 2.75) is 37.2 Å². The highest BCUT2D eigenvalue weighted by Crippen LogP contribution is 2.34. The lowest BCUT2D eigenvalue weighted by atomic mass is 10.1. The topological polar surface area (TPSA) is 51.5 Å². The number of para-hydroxylation sites is 1. The number of ether oxygens (including phenoxy) is 1. The molecule has 0 saturated carbocycles. The fourth-order valence-electron chi connectivity index (χ4n) is 4.00. The minimum atomic E-state index is -3.50. The van der Waals surface area contributed by atoms with Gasteiger partial charge in [-0.05, 0) is 62.1 Å². The summed E-state index contributed by atoms with van der Waals surface area (Å²) in [5.41, 5.74) is 2.37. The molecule has 4 rings (SSSR count). The molecule has 0 spiro atoms. The SMILES string of the molecule is CC(C)Oc1ccc(S(=O)(=O)N2CCC(c3cc4ccccc4n3C)C2)cc1. The zero-order chi connectivity index (χ0) is 19.9. The normalized spacial score (nSPS) is 18.2. The van der Waals surface area contributed by atoms with Gasteiger partial charge in [-0.15, -0.1) is 0 Å². The first-order valence-corrected chi connectivity index (χ1v) is 11.1. The third-order valence-electron chi connectivity index (χ3n) is 5.39. The molecule has 1 saturated heterocycles. The highest BCUT2D eigenvalue weighted by atomic mass is 32.2. The Balaban J connectivity index is 1.55. The molecule has 1 unspecified atom stereocenters. The van der Waals surface area contributed by atoms with E-state index in [1.165, 1.54) is 16.6 Å². The Hall–Kier alpha value is -2.31. The molecule has 0 radical (unpaired) electrons. The van der Waals surface area contributed by atoms with Gasteiger partial charge in [0.05, 0.1) is 11.0 Å². The number of fused-ring (bicyclic) bond motifs is 1. The Morgan fingerprint density at radius 3 is 2.46 bits per heavy atom. The summed E-state index contributed by atoms with van der Waals surface area (Å²) in [6.45, 7) is 4.94. The number of aromatic nitrogens is 1. The minimum absolute atomic E-state index is 0.0580. The van der Waals surface area contributed by atoms with Crippen LogP contribution in [-0.4, -0.2) is 36.5 Å². The first kappa shape index (κ1) is 19.0. The van der Waals surface area contributed by atoms with Gasteiger partial charge in [-0.1, -0.05) is 18.2 Å². The maximum absolute atomic E-state index is 13.1. The molecule has 0 bridgehead atoms. The van der Waals surface area contributed by atoms with Crippen LogP contribution in [0.4, 0.5) is 0 Å². The van der Waals surface area contributed by atoms with Crippen LogP contribution in [0.25, 0.3) is 10.9 Å². The summed E-state index contributed by atoms with van der Waals surface area (Å²) in [6.07, 6.45) is 0.889. The van der Waals surface area contributed by atoms with E-state index < -0.39 is 10.0 Å². The van der Waals surface area contributed by atoms with Crippen LogP contribution in [0, 0.1) is 0 Å². The molecule has 1 fully saturated rings. The van der Waals surface area contributed by atoms with Crippen LogP contribution in [0.5, 0.6) is 5.75 Å². The van der Waals surface area contributed by atoms with E-state index >= 15 is 0 Å². The van der Waals surface area contributed by atoms with Crippen molar-refractivity contribution in [1.29, 1.82) is 0 Å². The maximum atomic E-state index is 13.1. The summed E-state index contributed by atoms with van der Waals surface area (Å²) in [5, 5.41) is 1.20. The number of rotatable bonds is 5. The highest BCUT2D eigenvalue weighted by Gasteiger charge is 2.34. The second-order valence-corrected chi connectivity index (χ2v) is 9.61. The number of nitrogens with zero attached hydrogens (tertiary/aromatic N) is 2. The Bertz CT molecular complexity index is 1080. The molecule has 6 heteroatoms. The van der Waals surface area contributed by atoms with Gasteiger partial charge in [0.25, 0.3) is 0 Å². The van der Waals surface area contributed by atoms with E-state index in [4.69, 9.17) is 4.74 Å². The van der Waals surface area contributed by atoms with E-state index in [1.807, 2.05) is 26.0 Å². The lowest BCUT2D eigenvalue weighted by Crippen LogP contribution is -2.28. The molecule has 148 valence electrons. The van der Waals surface area contributed by atoms with Crippen LogP contribution in [0.3, 0.4) is 0 Å². The highest BCUT2D eigenvalue weighted by molar-refractivity contribution is 7.89. The zero-order valence-electron chi connectivity index (χ0n) is 16.5. The first-order chi connectivity index (χ1) is 13.4. The summed E-state index contributed by atoms with van der Waals surface area (Å²) in [5.74, 6) is 0.888. The van der Waals surface area contributed by atoms with Crippen LogP contribution in [0.1, 0.15) is 31.9 Å². The molecular formula is C22H26N2O3S. The van der Waals surface area contributed by atoms with E-state index in [2.05, 4.69) is 29.8 Å². The molecule has 3 aromatic rings. The third kappa shape index (κ3) is 3.42. The smallest absolute Gasteiger partial charge is 0.243 e. The number of hydrogen-bond acceptors (Lipinski definition) is 3. The average molecular weight is 399 g/mol. The summed E-state index contributed by atoms with van der Waals surface area (Å²) < 4.78 is 35.6. The number of benzene rings is 2. The van der Waals surface area contributed by atoms with E-state index in [0.29, 0.717) is 23.7 Å². The van der Waals surface area contributed by atoms with Crippen molar-refractivity contribution >= 4 is 20.9 Å².